The van der Waals surface area contributed by atoms with E-state index >= 15 is 0 Å². The molecule has 1 aromatic heterocycles. The quantitative estimate of drug-likeness (QED) is 0.825. The Kier molecular flexibility index (Phi) is 4.60. The van der Waals surface area contributed by atoms with Crippen LogP contribution < -0.4 is 0 Å². The zero-order valence-electron chi connectivity index (χ0n) is 12.2. The molecule has 5 nitrogen and oxygen atoms in total. The van der Waals surface area contributed by atoms with Crippen molar-refractivity contribution in [1.29, 1.82) is 0 Å². The fourth-order valence-electron chi connectivity index (χ4n) is 3.48. The Hall–Kier alpha value is -1.04. The predicted octanol–water partition coefficient (Wildman–Crippen LogP) is 1.16. The summed E-state index contributed by atoms with van der Waals surface area (Å²) in [4.78, 5) is 13.4. The van der Waals surface area contributed by atoms with Gasteiger partial charge in [0.15, 0.2) is 0 Å². The van der Waals surface area contributed by atoms with Gasteiger partial charge in [-0.05, 0) is 32.4 Å². The molecule has 0 spiro atoms. The van der Waals surface area contributed by atoms with E-state index in [2.05, 4.69) is 19.8 Å². The van der Waals surface area contributed by atoms with Crippen LogP contribution >= 0.6 is 0 Å². The van der Waals surface area contributed by atoms with Gasteiger partial charge in [-0.1, -0.05) is 0 Å². The zero-order valence-corrected chi connectivity index (χ0v) is 12.2. The maximum Gasteiger partial charge on any atom is 0.115 e. The van der Waals surface area contributed by atoms with Gasteiger partial charge >= 0.3 is 0 Å². The summed E-state index contributed by atoms with van der Waals surface area (Å²) < 4.78 is 5.32. The van der Waals surface area contributed by atoms with Crippen molar-refractivity contribution in [1.82, 2.24) is 19.8 Å². The standard InChI is InChI=1S/C15H24N4O/c1-20-11-15-6-14-10-18(4-2-3-5-19(14)15)9-13-7-16-12-17-8-13/h7-8,12,14-15H,2-6,9-11H2,1H3/t14-,15+/m1/s1. The number of methoxy groups -OCH3 is 1. The lowest BCUT2D eigenvalue weighted by Gasteiger charge is -2.51. The Morgan fingerprint density at radius 1 is 1.25 bits per heavy atom. The Balaban J connectivity index is 1.57. The first-order valence-corrected chi connectivity index (χ1v) is 7.57. The fraction of sp³-hybridized carbons (Fsp3) is 0.733. The molecule has 2 aliphatic heterocycles. The second-order valence-corrected chi connectivity index (χ2v) is 5.93. The summed E-state index contributed by atoms with van der Waals surface area (Å²) in [5.74, 6) is 0. The van der Waals surface area contributed by atoms with Crippen molar-refractivity contribution in [3.63, 3.8) is 0 Å². The second-order valence-electron chi connectivity index (χ2n) is 5.93. The molecule has 2 fully saturated rings. The summed E-state index contributed by atoms with van der Waals surface area (Å²) in [6.45, 7) is 5.44. The first-order valence-electron chi connectivity index (χ1n) is 7.57. The van der Waals surface area contributed by atoms with Crippen molar-refractivity contribution in [2.45, 2.75) is 37.9 Å². The number of rotatable bonds is 4. The molecule has 1 aromatic rings. The molecule has 0 radical (unpaired) electrons. The first kappa shape index (κ1) is 13.9. The average molecular weight is 276 g/mol. The second kappa shape index (κ2) is 6.61. The Morgan fingerprint density at radius 2 is 2.05 bits per heavy atom. The van der Waals surface area contributed by atoms with Crippen LogP contribution in [0.1, 0.15) is 24.8 Å². The third-order valence-electron chi connectivity index (χ3n) is 4.47. The van der Waals surface area contributed by atoms with Crippen LogP contribution in [0.15, 0.2) is 18.7 Å². The van der Waals surface area contributed by atoms with Gasteiger partial charge < -0.3 is 4.74 Å². The first-order chi connectivity index (χ1) is 9.86. The van der Waals surface area contributed by atoms with Gasteiger partial charge in [-0.15, -0.1) is 0 Å². The molecule has 2 atom stereocenters. The van der Waals surface area contributed by atoms with Crippen molar-refractivity contribution in [2.75, 3.05) is 33.4 Å². The summed E-state index contributed by atoms with van der Waals surface area (Å²) in [7, 11) is 1.80. The molecule has 0 bridgehead atoms. The molecule has 20 heavy (non-hydrogen) atoms. The van der Waals surface area contributed by atoms with E-state index in [1.54, 1.807) is 13.4 Å². The maximum absolute atomic E-state index is 5.32. The van der Waals surface area contributed by atoms with Crippen LogP contribution in [0.4, 0.5) is 0 Å². The third kappa shape index (κ3) is 3.16. The van der Waals surface area contributed by atoms with E-state index in [9.17, 15) is 0 Å². The van der Waals surface area contributed by atoms with Crippen molar-refractivity contribution < 1.29 is 4.74 Å². The monoisotopic (exact) mass is 276 g/mol. The van der Waals surface area contributed by atoms with Gasteiger partial charge in [0, 0.05) is 50.2 Å². The molecule has 0 unspecified atom stereocenters. The molecule has 110 valence electrons. The van der Waals surface area contributed by atoms with Crippen LogP contribution in [0, 0.1) is 0 Å². The Bertz CT molecular complexity index is 414. The largest absolute Gasteiger partial charge is 0.383 e. The van der Waals surface area contributed by atoms with Crippen molar-refractivity contribution in [2.24, 2.45) is 0 Å². The van der Waals surface area contributed by atoms with E-state index in [1.165, 1.54) is 37.9 Å². The number of nitrogens with zero attached hydrogens (tertiary/aromatic N) is 4. The highest BCUT2D eigenvalue weighted by Crippen LogP contribution is 2.29. The highest BCUT2D eigenvalue weighted by molar-refractivity contribution is 5.03. The lowest BCUT2D eigenvalue weighted by molar-refractivity contribution is -0.0503. The van der Waals surface area contributed by atoms with Gasteiger partial charge in [0.1, 0.15) is 6.33 Å². The number of hydrogen-bond donors (Lipinski definition) is 0. The van der Waals surface area contributed by atoms with Gasteiger partial charge in [-0.3, -0.25) is 9.80 Å². The number of fused-ring (bicyclic) bond motifs is 1. The smallest absolute Gasteiger partial charge is 0.115 e. The molecule has 3 heterocycles. The van der Waals surface area contributed by atoms with Gasteiger partial charge in [0.05, 0.1) is 6.61 Å². The predicted molar refractivity (Wildman–Crippen MR) is 77.3 cm³/mol. The Labute approximate surface area is 121 Å². The lowest BCUT2D eigenvalue weighted by atomic mass is 9.91. The summed E-state index contributed by atoms with van der Waals surface area (Å²) in [5.41, 5.74) is 1.22. The van der Waals surface area contributed by atoms with Gasteiger partial charge in [-0.2, -0.15) is 0 Å². The van der Waals surface area contributed by atoms with Crippen LogP contribution in [0.5, 0.6) is 0 Å². The number of hydrogen-bond acceptors (Lipinski definition) is 5. The van der Waals surface area contributed by atoms with E-state index in [0.29, 0.717) is 12.1 Å². The summed E-state index contributed by atoms with van der Waals surface area (Å²) >= 11 is 0. The molecule has 2 aliphatic rings. The molecular weight excluding hydrogens is 252 g/mol. The molecular formula is C15H24N4O. The SMILES string of the molecule is COC[C@@H]1C[C@@H]2CN(Cc3cncnc3)CCCCN12. The third-order valence-corrected chi connectivity index (χ3v) is 4.47. The minimum Gasteiger partial charge on any atom is -0.383 e. The van der Waals surface area contributed by atoms with Gasteiger partial charge in [0.25, 0.3) is 0 Å². The van der Waals surface area contributed by atoms with Crippen molar-refractivity contribution in [3.05, 3.63) is 24.3 Å². The summed E-state index contributed by atoms with van der Waals surface area (Å²) in [6.07, 6.45) is 9.29. The summed E-state index contributed by atoms with van der Waals surface area (Å²) in [5, 5.41) is 0. The van der Waals surface area contributed by atoms with Crippen LogP contribution in [0.3, 0.4) is 0 Å². The molecule has 0 amide bonds. The maximum atomic E-state index is 5.32. The highest BCUT2D eigenvalue weighted by Gasteiger charge is 2.39. The minimum absolute atomic E-state index is 0.644. The average Bonchev–Trinajstić information content (AvgIpc) is 2.44. The number of ether oxygens (including phenoxy) is 1. The normalized spacial score (nSPS) is 28.2. The topological polar surface area (TPSA) is 41.5 Å². The van der Waals surface area contributed by atoms with Gasteiger partial charge in [0.2, 0.25) is 0 Å². The van der Waals surface area contributed by atoms with Crippen molar-refractivity contribution in [3.8, 4) is 0 Å². The van der Waals surface area contributed by atoms with Crippen LogP contribution in [0.25, 0.3) is 0 Å². The van der Waals surface area contributed by atoms with Crippen LogP contribution in [-0.4, -0.2) is 65.2 Å². The molecule has 0 saturated carbocycles. The molecule has 0 aromatic carbocycles. The summed E-state index contributed by atoms with van der Waals surface area (Å²) in [6, 6.07) is 1.35. The van der Waals surface area contributed by atoms with E-state index in [-0.39, 0.29) is 0 Å². The Morgan fingerprint density at radius 3 is 2.85 bits per heavy atom. The minimum atomic E-state index is 0.644. The highest BCUT2D eigenvalue weighted by atomic mass is 16.5. The lowest BCUT2D eigenvalue weighted by Crippen LogP contribution is -2.62. The van der Waals surface area contributed by atoms with E-state index in [1.807, 2.05) is 12.4 Å². The van der Waals surface area contributed by atoms with E-state index in [4.69, 9.17) is 4.74 Å². The molecule has 0 N–H and O–H groups in total. The fourth-order valence-corrected chi connectivity index (χ4v) is 3.48. The van der Waals surface area contributed by atoms with Crippen LogP contribution in [-0.2, 0) is 11.3 Å². The molecule has 3 rings (SSSR count). The zero-order chi connectivity index (χ0) is 13.8. The van der Waals surface area contributed by atoms with E-state index in [0.717, 1.165) is 19.7 Å². The molecule has 5 heteroatoms. The van der Waals surface area contributed by atoms with E-state index < -0.39 is 0 Å². The molecule has 2 saturated heterocycles. The van der Waals surface area contributed by atoms with Gasteiger partial charge in [-0.25, -0.2) is 9.97 Å². The van der Waals surface area contributed by atoms with Crippen LogP contribution in [0.2, 0.25) is 0 Å². The molecule has 0 aliphatic carbocycles. The number of aromatic nitrogens is 2. The van der Waals surface area contributed by atoms with Crippen molar-refractivity contribution >= 4 is 0 Å².